The van der Waals surface area contributed by atoms with Gasteiger partial charge in [-0.15, -0.1) is 11.3 Å². The van der Waals surface area contributed by atoms with Crippen LogP contribution in [0.3, 0.4) is 0 Å². The van der Waals surface area contributed by atoms with Gasteiger partial charge in [-0.3, -0.25) is 14.4 Å². The molecular formula is C24H23ClN4O3S. The Morgan fingerprint density at radius 2 is 1.67 bits per heavy atom. The molecule has 0 unspecified atom stereocenters. The minimum Gasteiger partial charge on any atom is -0.339 e. The average molecular weight is 483 g/mol. The molecule has 0 atom stereocenters. The molecule has 4 rings (SSSR count). The number of carbonyl (C=O) groups excluding carboxylic acids is 3. The molecule has 0 saturated carbocycles. The summed E-state index contributed by atoms with van der Waals surface area (Å²) >= 11 is 7.26. The molecule has 1 saturated heterocycles. The Balaban J connectivity index is 1.30. The minimum absolute atomic E-state index is 0.0420. The highest BCUT2D eigenvalue weighted by Gasteiger charge is 2.28. The van der Waals surface area contributed by atoms with Crippen molar-refractivity contribution in [3.05, 3.63) is 64.5 Å². The number of likely N-dealkylation sites (tertiary alicyclic amines) is 1. The van der Waals surface area contributed by atoms with E-state index in [4.69, 9.17) is 11.6 Å². The van der Waals surface area contributed by atoms with Crippen molar-refractivity contribution in [2.75, 3.05) is 23.7 Å². The fraction of sp³-hybridized carbons (Fsp3) is 0.250. The van der Waals surface area contributed by atoms with Crippen molar-refractivity contribution in [2.24, 2.45) is 5.92 Å². The Labute approximate surface area is 200 Å². The predicted molar refractivity (Wildman–Crippen MR) is 131 cm³/mol. The summed E-state index contributed by atoms with van der Waals surface area (Å²) in [4.78, 5) is 42.8. The number of thiazole rings is 1. The summed E-state index contributed by atoms with van der Waals surface area (Å²) in [5.41, 5.74) is 2.97. The quantitative estimate of drug-likeness (QED) is 0.540. The third-order valence-corrected chi connectivity index (χ3v) is 6.49. The molecule has 1 aromatic heterocycles. The van der Waals surface area contributed by atoms with Gasteiger partial charge in [-0.25, -0.2) is 4.98 Å². The lowest BCUT2D eigenvalue weighted by Crippen LogP contribution is -2.41. The minimum atomic E-state index is -0.163. The maximum absolute atomic E-state index is 12.7. The number of rotatable bonds is 5. The number of piperidine rings is 1. The zero-order valence-corrected chi connectivity index (χ0v) is 19.6. The van der Waals surface area contributed by atoms with Gasteiger partial charge in [0.25, 0.3) is 5.91 Å². The molecule has 9 heteroatoms. The molecule has 1 aliphatic rings. The average Bonchev–Trinajstić information content (AvgIpc) is 3.28. The number of nitrogens with zero attached hydrogens (tertiary/aromatic N) is 2. The largest absolute Gasteiger partial charge is 0.339 e. The van der Waals surface area contributed by atoms with Gasteiger partial charge in [0.15, 0.2) is 5.13 Å². The molecule has 3 amide bonds. The highest BCUT2D eigenvalue weighted by atomic mass is 35.5. The van der Waals surface area contributed by atoms with Crippen LogP contribution < -0.4 is 10.6 Å². The normalized spacial score (nSPS) is 14.1. The van der Waals surface area contributed by atoms with E-state index >= 15 is 0 Å². The van der Waals surface area contributed by atoms with E-state index in [2.05, 4.69) is 15.6 Å². The number of hydrogen-bond acceptors (Lipinski definition) is 5. The van der Waals surface area contributed by atoms with Gasteiger partial charge in [-0.1, -0.05) is 23.7 Å². The second kappa shape index (κ2) is 10.1. The summed E-state index contributed by atoms with van der Waals surface area (Å²) in [6.07, 6.45) is 1.21. The number of benzene rings is 2. The lowest BCUT2D eigenvalue weighted by molar-refractivity contribution is -0.121. The van der Waals surface area contributed by atoms with Gasteiger partial charge in [-0.05, 0) is 49.2 Å². The third-order valence-electron chi connectivity index (χ3n) is 5.48. The van der Waals surface area contributed by atoms with E-state index in [1.54, 1.807) is 29.2 Å². The van der Waals surface area contributed by atoms with E-state index in [9.17, 15) is 14.4 Å². The number of halogens is 1. The Hall–Kier alpha value is -3.23. The molecule has 0 bridgehead atoms. The van der Waals surface area contributed by atoms with E-state index in [-0.39, 0.29) is 23.6 Å². The summed E-state index contributed by atoms with van der Waals surface area (Å²) in [6.45, 7) is 2.53. The van der Waals surface area contributed by atoms with E-state index in [0.29, 0.717) is 41.6 Å². The Morgan fingerprint density at radius 1 is 1.00 bits per heavy atom. The van der Waals surface area contributed by atoms with Crippen LogP contribution in [0.1, 0.15) is 30.1 Å². The van der Waals surface area contributed by atoms with Gasteiger partial charge < -0.3 is 15.5 Å². The van der Waals surface area contributed by atoms with E-state index in [1.807, 2.05) is 29.6 Å². The molecular weight excluding hydrogens is 460 g/mol. The zero-order valence-electron chi connectivity index (χ0n) is 18.0. The molecule has 33 heavy (non-hydrogen) atoms. The fourth-order valence-electron chi connectivity index (χ4n) is 3.72. The Bertz CT molecular complexity index is 1150. The lowest BCUT2D eigenvalue weighted by Gasteiger charge is -2.31. The van der Waals surface area contributed by atoms with Crippen molar-refractivity contribution < 1.29 is 14.4 Å². The standard InChI is InChI=1S/C24H23ClN4O3S/c1-15(30)26-20-8-4-16(5-9-20)21-14-33-24(27-21)28-22(31)17-10-12-29(13-11-17)23(32)18-2-6-19(25)7-3-18/h2-9,14,17H,10-13H2,1H3,(H,26,30)(H,27,28,31). The van der Waals surface area contributed by atoms with Gasteiger partial charge in [0.2, 0.25) is 11.8 Å². The summed E-state index contributed by atoms with van der Waals surface area (Å²) < 4.78 is 0. The number of anilines is 2. The second-order valence-corrected chi connectivity index (χ2v) is 9.15. The number of amides is 3. The molecule has 3 aromatic rings. The van der Waals surface area contributed by atoms with Crippen LogP contribution in [0, 0.1) is 5.92 Å². The highest BCUT2D eigenvalue weighted by molar-refractivity contribution is 7.14. The summed E-state index contributed by atoms with van der Waals surface area (Å²) in [7, 11) is 0. The van der Waals surface area contributed by atoms with Gasteiger partial charge in [0.1, 0.15) is 0 Å². The van der Waals surface area contributed by atoms with Gasteiger partial charge in [-0.2, -0.15) is 0 Å². The van der Waals surface area contributed by atoms with Crippen molar-refractivity contribution in [1.82, 2.24) is 9.88 Å². The zero-order chi connectivity index (χ0) is 23.4. The van der Waals surface area contributed by atoms with Crippen molar-refractivity contribution in [3.8, 4) is 11.3 Å². The maximum atomic E-state index is 12.7. The highest BCUT2D eigenvalue weighted by Crippen LogP contribution is 2.27. The van der Waals surface area contributed by atoms with Gasteiger partial charge in [0.05, 0.1) is 5.69 Å². The third kappa shape index (κ3) is 5.77. The van der Waals surface area contributed by atoms with Crippen LogP contribution >= 0.6 is 22.9 Å². The molecule has 170 valence electrons. The number of carbonyl (C=O) groups is 3. The predicted octanol–water partition coefficient (Wildman–Crippen LogP) is 4.91. The first-order valence-corrected chi connectivity index (χ1v) is 11.8. The molecule has 2 aromatic carbocycles. The fourth-order valence-corrected chi connectivity index (χ4v) is 4.57. The van der Waals surface area contributed by atoms with Crippen molar-refractivity contribution in [3.63, 3.8) is 0 Å². The molecule has 0 radical (unpaired) electrons. The topological polar surface area (TPSA) is 91.4 Å². The smallest absolute Gasteiger partial charge is 0.253 e. The first kappa shape index (κ1) is 22.9. The van der Waals surface area contributed by atoms with Crippen molar-refractivity contribution >= 4 is 51.5 Å². The first-order valence-electron chi connectivity index (χ1n) is 10.6. The van der Waals surface area contributed by atoms with Crippen LogP contribution in [0.15, 0.2) is 53.9 Å². The summed E-state index contributed by atoms with van der Waals surface area (Å²) in [6, 6.07) is 14.2. The molecule has 0 spiro atoms. The van der Waals surface area contributed by atoms with Crippen LogP contribution in [-0.4, -0.2) is 40.7 Å². The van der Waals surface area contributed by atoms with Crippen LogP contribution in [0.5, 0.6) is 0 Å². The van der Waals surface area contributed by atoms with E-state index in [1.165, 1.54) is 18.3 Å². The summed E-state index contributed by atoms with van der Waals surface area (Å²) in [5, 5.41) is 8.66. The molecule has 1 fully saturated rings. The molecule has 1 aliphatic heterocycles. The second-order valence-electron chi connectivity index (χ2n) is 7.86. The Morgan fingerprint density at radius 3 is 2.30 bits per heavy atom. The molecule has 2 N–H and O–H groups in total. The van der Waals surface area contributed by atoms with E-state index in [0.717, 1.165) is 16.9 Å². The van der Waals surface area contributed by atoms with Crippen LogP contribution in [0.25, 0.3) is 11.3 Å². The number of hydrogen-bond donors (Lipinski definition) is 2. The van der Waals surface area contributed by atoms with Crippen LogP contribution in [0.2, 0.25) is 5.02 Å². The maximum Gasteiger partial charge on any atom is 0.253 e. The van der Waals surface area contributed by atoms with E-state index < -0.39 is 0 Å². The van der Waals surface area contributed by atoms with Crippen LogP contribution in [0.4, 0.5) is 10.8 Å². The summed E-state index contributed by atoms with van der Waals surface area (Å²) in [5.74, 6) is -0.403. The number of aromatic nitrogens is 1. The number of nitrogens with one attached hydrogen (secondary N) is 2. The first-order chi connectivity index (χ1) is 15.9. The molecule has 2 heterocycles. The SMILES string of the molecule is CC(=O)Nc1ccc(-c2csc(NC(=O)C3CCN(C(=O)c4ccc(Cl)cc4)CC3)n2)cc1. The monoisotopic (exact) mass is 482 g/mol. The molecule has 0 aliphatic carbocycles. The van der Waals surface area contributed by atoms with Crippen molar-refractivity contribution in [2.45, 2.75) is 19.8 Å². The lowest BCUT2D eigenvalue weighted by atomic mass is 9.95. The molecule has 7 nitrogen and oxygen atoms in total. The van der Waals surface area contributed by atoms with Gasteiger partial charge in [0, 0.05) is 53.1 Å². The van der Waals surface area contributed by atoms with Crippen molar-refractivity contribution in [1.29, 1.82) is 0 Å². The van der Waals surface area contributed by atoms with Crippen LogP contribution in [-0.2, 0) is 9.59 Å². The Kier molecular flexibility index (Phi) is 7.05. The van der Waals surface area contributed by atoms with Gasteiger partial charge >= 0.3 is 0 Å².